The van der Waals surface area contributed by atoms with Crippen molar-refractivity contribution in [2.45, 2.75) is 43.0 Å². The highest BCUT2D eigenvalue weighted by Gasteiger charge is 2.38. The van der Waals surface area contributed by atoms with Gasteiger partial charge in [0.05, 0.1) is 5.56 Å². The Labute approximate surface area is 221 Å². The summed E-state index contributed by atoms with van der Waals surface area (Å²) in [6, 6.07) is 4.70. The van der Waals surface area contributed by atoms with Crippen LogP contribution in [0.1, 0.15) is 32.3 Å². The van der Waals surface area contributed by atoms with Crippen LogP contribution in [-0.4, -0.2) is 29.3 Å². The number of halogens is 4. The molecule has 0 radical (unpaired) electrons. The van der Waals surface area contributed by atoms with Crippen LogP contribution in [-0.2, 0) is 16.4 Å². The maximum atomic E-state index is 16.5. The first-order chi connectivity index (χ1) is 18.4. The van der Waals surface area contributed by atoms with Crippen molar-refractivity contribution in [1.82, 2.24) is 14.8 Å². The van der Waals surface area contributed by atoms with Gasteiger partial charge in [0.2, 0.25) is 9.84 Å². The molecule has 4 rings (SSSR count). The Bertz CT molecular complexity index is 1690. The molecule has 0 unspecified atom stereocenters. The topological polar surface area (TPSA) is 117 Å². The van der Waals surface area contributed by atoms with Gasteiger partial charge in [-0.3, -0.25) is 9.67 Å². The zero-order chi connectivity index (χ0) is 28.6. The molecule has 0 bridgehead atoms. The lowest BCUT2D eigenvalue weighted by Crippen LogP contribution is -2.21. The Morgan fingerprint density at radius 1 is 1.08 bits per heavy atom. The molecule has 8 nitrogen and oxygen atoms in total. The number of benzene rings is 2. The first-order valence-electron chi connectivity index (χ1n) is 11.6. The number of aryl methyl sites for hydroxylation is 1. The molecule has 4 aromatic rings. The summed E-state index contributed by atoms with van der Waals surface area (Å²) in [4.78, 5) is 13.3. The van der Waals surface area contributed by atoms with Crippen LogP contribution < -0.4 is 10.5 Å². The summed E-state index contributed by atoms with van der Waals surface area (Å²) in [5, 5.41) is 4.23. The van der Waals surface area contributed by atoms with E-state index in [-0.39, 0.29) is 17.8 Å². The van der Waals surface area contributed by atoms with Crippen LogP contribution in [0.25, 0.3) is 22.4 Å². The number of rotatable bonds is 7. The van der Waals surface area contributed by atoms with Gasteiger partial charge in [-0.05, 0) is 48.7 Å². The number of hydrogen-bond acceptors (Lipinski definition) is 6. The van der Waals surface area contributed by atoms with Crippen LogP contribution in [0.5, 0.6) is 5.75 Å². The molecule has 0 aliphatic rings. The standard InChI is InChI=1S/C26H22F4N4O4S/c1-4-34-12-16(14-7-9-32-10-8-14)23(33-34)20-21(29)24(38-26(31)35)19(13(2)3)25(22(20)30)39(36,37)18-11-15(27)5-6-17(18)28/h5-13H,4H2,1-3H3,(H2,31,35). The maximum absolute atomic E-state index is 16.5. The summed E-state index contributed by atoms with van der Waals surface area (Å²) in [5.41, 5.74) is 3.84. The average molecular weight is 563 g/mol. The van der Waals surface area contributed by atoms with Gasteiger partial charge in [-0.15, -0.1) is 0 Å². The highest BCUT2D eigenvalue weighted by molar-refractivity contribution is 7.91. The molecule has 0 saturated heterocycles. The van der Waals surface area contributed by atoms with Gasteiger partial charge in [0, 0.05) is 36.3 Å². The van der Waals surface area contributed by atoms with Gasteiger partial charge in [0.15, 0.2) is 17.4 Å². The van der Waals surface area contributed by atoms with Crippen LogP contribution in [0.3, 0.4) is 0 Å². The van der Waals surface area contributed by atoms with Crippen LogP contribution in [0.2, 0.25) is 0 Å². The van der Waals surface area contributed by atoms with E-state index in [0.717, 1.165) is 0 Å². The van der Waals surface area contributed by atoms with Crippen molar-refractivity contribution in [2.24, 2.45) is 5.73 Å². The van der Waals surface area contributed by atoms with Gasteiger partial charge in [-0.25, -0.2) is 30.8 Å². The van der Waals surface area contributed by atoms with E-state index < -0.39 is 71.8 Å². The summed E-state index contributed by atoms with van der Waals surface area (Å²) in [6.45, 7) is 4.73. The third-order valence-corrected chi connectivity index (χ3v) is 7.70. The van der Waals surface area contributed by atoms with Crippen LogP contribution in [0, 0.1) is 23.3 Å². The number of carbonyl (C=O) groups is 1. The lowest BCUT2D eigenvalue weighted by atomic mass is 9.95. The summed E-state index contributed by atoms with van der Waals surface area (Å²) in [7, 11) is -5.21. The van der Waals surface area contributed by atoms with Gasteiger partial charge in [0.1, 0.15) is 27.1 Å². The zero-order valence-electron chi connectivity index (χ0n) is 20.9. The number of hydrogen-bond donors (Lipinski definition) is 1. The molecule has 0 saturated carbocycles. The molecule has 39 heavy (non-hydrogen) atoms. The van der Waals surface area contributed by atoms with E-state index in [4.69, 9.17) is 10.5 Å². The number of amides is 1. The van der Waals surface area contributed by atoms with E-state index >= 15 is 8.78 Å². The predicted octanol–water partition coefficient (Wildman–Crippen LogP) is 5.60. The molecule has 2 heterocycles. The Morgan fingerprint density at radius 3 is 2.33 bits per heavy atom. The fraction of sp³-hybridized carbons (Fsp3) is 0.192. The summed E-state index contributed by atoms with van der Waals surface area (Å²) >= 11 is 0. The number of primary amides is 1. The minimum Gasteiger partial charge on any atom is -0.407 e. The molecule has 2 N–H and O–H groups in total. The normalized spacial score (nSPS) is 11.7. The molecule has 204 valence electrons. The zero-order valence-corrected chi connectivity index (χ0v) is 21.7. The number of nitrogens with zero attached hydrogens (tertiary/aromatic N) is 3. The summed E-state index contributed by atoms with van der Waals surface area (Å²) in [5.74, 6) is -7.54. The van der Waals surface area contributed by atoms with Crippen molar-refractivity contribution in [3.05, 3.63) is 77.8 Å². The van der Waals surface area contributed by atoms with Gasteiger partial charge in [-0.2, -0.15) is 5.10 Å². The van der Waals surface area contributed by atoms with Crippen molar-refractivity contribution < 1.29 is 35.5 Å². The lowest BCUT2D eigenvalue weighted by Gasteiger charge is -2.21. The molecule has 0 aliphatic carbocycles. The average Bonchev–Trinajstić information content (AvgIpc) is 3.31. The highest BCUT2D eigenvalue weighted by Crippen LogP contribution is 2.46. The molecule has 2 aromatic carbocycles. The van der Waals surface area contributed by atoms with E-state index in [0.29, 0.717) is 23.8 Å². The summed E-state index contributed by atoms with van der Waals surface area (Å²) in [6.07, 6.45) is 2.83. The fourth-order valence-electron chi connectivity index (χ4n) is 4.16. The highest BCUT2D eigenvalue weighted by atomic mass is 32.2. The molecule has 0 spiro atoms. The van der Waals surface area contributed by atoms with Crippen LogP contribution >= 0.6 is 0 Å². The fourth-order valence-corrected chi connectivity index (χ4v) is 5.93. The molecular formula is C26H22F4N4O4S. The van der Waals surface area contributed by atoms with Crippen molar-refractivity contribution in [3.8, 4) is 28.1 Å². The third-order valence-electron chi connectivity index (χ3n) is 5.87. The first kappa shape index (κ1) is 27.8. The molecule has 0 fully saturated rings. The second-order valence-corrected chi connectivity index (χ2v) is 10.6. The Hall–Kier alpha value is -4.26. The molecular weight excluding hydrogens is 540 g/mol. The minimum absolute atomic E-state index is 0.194. The Morgan fingerprint density at radius 2 is 1.74 bits per heavy atom. The maximum Gasteiger partial charge on any atom is 0.410 e. The smallest absolute Gasteiger partial charge is 0.407 e. The largest absolute Gasteiger partial charge is 0.410 e. The first-order valence-corrected chi connectivity index (χ1v) is 13.1. The summed E-state index contributed by atoms with van der Waals surface area (Å²) < 4.78 is 95.1. The number of ether oxygens (including phenoxy) is 1. The molecule has 0 atom stereocenters. The van der Waals surface area contributed by atoms with E-state index in [1.807, 2.05) is 0 Å². The molecule has 0 aliphatic heterocycles. The van der Waals surface area contributed by atoms with Crippen LogP contribution in [0.4, 0.5) is 22.4 Å². The second-order valence-electron chi connectivity index (χ2n) is 8.71. The number of carbonyl (C=O) groups excluding carboxylic acids is 1. The lowest BCUT2D eigenvalue weighted by molar-refractivity contribution is 0.207. The molecule has 2 aromatic heterocycles. The second kappa shape index (κ2) is 10.5. The van der Waals surface area contributed by atoms with E-state index in [9.17, 15) is 22.0 Å². The molecule has 13 heteroatoms. The monoisotopic (exact) mass is 562 g/mol. The van der Waals surface area contributed by atoms with E-state index in [1.165, 1.54) is 37.1 Å². The van der Waals surface area contributed by atoms with Crippen molar-refractivity contribution in [1.29, 1.82) is 0 Å². The van der Waals surface area contributed by atoms with Gasteiger partial charge >= 0.3 is 6.09 Å². The number of pyridine rings is 1. The van der Waals surface area contributed by atoms with Gasteiger partial charge < -0.3 is 10.5 Å². The van der Waals surface area contributed by atoms with Gasteiger partial charge in [-0.1, -0.05) is 13.8 Å². The number of aromatic nitrogens is 3. The molecule has 1 amide bonds. The van der Waals surface area contributed by atoms with E-state index in [2.05, 4.69) is 10.1 Å². The van der Waals surface area contributed by atoms with Crippen molar-refractivity contribution in [3.63, 3.8) is 0 Å². The minimum atomic E-state index is -5.21. The van der Waals surface area contributed by atoms with E-state index in [1.54, 1.807) is 19.1 Å². The SMILES string of the molecule is CCn1cc(-c2ccncc2)c(-c2c(F)c(OC(N)=O)c(C(C)C)c(S(=O)(=O)c3cc(F)ccc3F)c2F)n1. The van der Waals surface area contributed by atoms with Gasteiger partial charge in [0.25, 0.3) is 0 Å². The van der Waals surface area contributed by atoms with Crippen LogP contribution in [0.15, 0.2) is 58.7 Å². The third kappa shape index (κ3) is 4.97. The predicted molar refractivity (Wildman–Crippen MR) is 133 cm³/mol. The Balaban J connectivity index is 2.20. The Kier molecular flexibility index (Phi) is 7.46. The number of sulfone groups is 1. The van der Waals surface area contributed by atoms with Crippen molar-refractivity contribution in [2.75, 3.05) is 0 Å². The van der Waals surface area contributed by atoms with Crippen molar-refractivity contribution >= 4 is 15.9 Å². The quantitative estimate of drug-likeness (QED) is 0.231. The number of nitrogens with two attached hydrogens (primary N) is 1.